The van der Waals surface area contributed by atoms with Crippen LogP contribution in [0.3, 0.4) is 0 Å². The fourth-order valence-corrected chi connectivity index (χ4v) is 2.08. The number of nitrogens with zero attached hydrogens (tertiary/aromatic N) is 2. The molecule has 0 N–H and O–H groups in total. The summed E-state index contributed by atoms with van der Waals surface area (Å²) in [7, 11) is 0. The molecule has 0 saturated carbocycles. The van der Waals surface area contributed by atoms with Crippen molar-refractivity contribution in [3.8, 4) is 5.88 Å². The highest BCUT2D eigenvalue weighted by molar-refractivity contribution is 9.10. The monoisotopic (exact) mass is 320 g/mol. The van der Waals surface area contributed by atoms with Gasteiger partial charge in [0.15, 0.2) is 0 Å². The zero-order valence-corrected chi connectivity index (χ0v) is 12.6. The zero-order chi connectivity index (χ0) is 12.7. The Bertz CT molecular complexity index is 345. The highest BCUT2D eigenvalue weighted by atomic mass is 79.9. The quantitative estimate of drug-likeness (QED) is 0.721. The largest absolute Gasteiger partial charge is 0.476 e. The van der Waals surface area contributed by atoms with Gasteiger partial charge in [0.05, 0.1) is 5.88 Å². The molecule has 0 aliphatic rings. The molecule has 1 aromatic heterocycles. The fraction of sp³-hybridized carbons (Fsp3) is 0.583. The molecule has 0 bridgehead atoms. The van der Waals surface area contributed by atoms with Crippen molar-refractivity contribution in [2.45, 2.75) is 19.7 Å². The van der Waals surface area contributed by atoms with E-state index >= 15 is 0 Å². The third-order valence-electron chi connectivity index (χ3n) is 2.58. The molecule has 3 nitrogen and oxygen atoms in total. The Labute approximate surface area is 116 Å². The molecule has 96 valence electrons. The summed E-state index contributed by atoms with van der Waals surface area (Å²) in [6.45, 7) is 7.91. The molecule has 17 heavy (non-hydrogen) atoms. The maximum atomic E-state index is 5.85. The van der Waals surface area contributed by atoms with Gasteiger partial charge in [0.1, 0.15) is 6.61 Å². The average Bonchev–Trinajstić information content (AvgIpc) is 2.36. The standard InChI is InChI=1S/C12H18BrClN2O/c1-3-16(4-2)5-6-17-12-10(8-14)7-11(13)9-15-12/h7,9H,3-6,8H2,1-2H3. The molecule has 1 aromatic rings. The van der Waals surface area contributed by atoms with E-state index < -0.39 is 0 Å². The maximum absolute atomic E-state index is 5.85. The van der Waals surface area contributed by atoms with Crippen LogP contribution in [0, 0.1) is 0 Å². The molecule has 0 aromatic carbocycles. The van der Waals surface area contributed by atoms with Crippen LogP contribution in [0.4, 0.5) is 0 Å². The lowest BCUT2D eigenvalue weighted by Crippen LogP contribution is -2.28. The minimum atomic E-state index is 0.410. The third kappa shape index (κ3) is 4.82. The van der Waals surface area contributed by atoms with Crippen molar-refractivity contribution in [1.82, 2.24) is 9.88 Å². The Kier molecular flexibility index (Phi) is 6.85. The average molecular weight is 322 g/mol. The van der Waals surface area contributed by atoms with E-state index in [-0.39, 0.29) is 0 Å². The summed E-state index contributed by atoms with van der Waals surface area (Å²) in [4.78, 5) is 6.53. The summed E-state index contributed by atoms with van der Waals surface area (Å²) in [5.74, 6) is 1.04. The highest BCUT2D eigenvalue weighted by Crippen LogP contribution is 2.21. The van der Waals surface area contributed by atoms with Crippen LogP contribution in [0.25, 0.3) is 0 Å². The van der Waals surface area contributed by atoms with Crippen LogP contribution in [-0.4, -0.2) is 36.1 Å². The lowest BCUT2D eigenvalue weighted by atomic mass is 10.3. The Balaban J connectivity index is 2.51. The number of likely N-dealkylation sites (N-methyl/N-ethyl adjacent to an activating group) is 1. The minimum absolute atomic E-state index is 0.410. The molecule has 0 atom stereocenters. The maximum Gasteiger partial charge on any atom is 0.217 e. The molecule has 1 rings (SSSR count). The summed E-state index contributed by atoms with van der Waals surface area (Å²) in [5, 5.41) is 0. The topological polar surface area (TPSA) is 25.4 Å². The van der Waals surface area contributed by atoms with Crippen molar-refractivity contribution in [3.63, 3.8) is 0 Å². The number of halogens is 2. The number of hydrogen-bond donors (Lipinski definition) is 0. The summed E-state index contributed by atoms with van der Waals surface area (Å²) in [6, 6.07) is 1.94. The van der Waals surface area contributed by atoms with Crippen molar-refractivity contribution < 1.29 is 4.74 Å². The summed E-state index contributed by atoms with van der Waals surface area (Å²) in [5.41, 5.74) is 0.917. The molecule has 0 aliphatic heterocycles. The third-order valence-corrected chi connectivity index (χ3v) is 3.30. The molecule has 0 saturated heterocycles. The van der Waals surface area contributed by atoms with Crippen LogP contribution in [0.2, 0.25) is 0 Å². The van der Waals surface area contributed by atoms with Crippen LogP contribution >= 0.6 is 27.5 Å². The van der Waals surface area contributed by atoms with Gasteiger partial charge in [0.2, 0.25) is 5.88 Å². The van der Waals surface area contributed by atoms with Crippen LogP contribution in [0.1, 0.15) is 19.4 Å². The van der Waals surface area contributed by atoms with Gasteiger partial charge in [-0.1, -0.05) is 13.8 Å². The number of alkyl halides is 1. The number of aromatic nitrogens is 1. The van der Waals surface area contributed by atoms with E-state index in [1.807, 2.05) is 6.07 Å². The molecule has 0 spiro atoms. The second-order valence-corrected chi connectivity index (χ2v) is 4.81. The minimum Gasteiger partial charge on any atom is -0.476 e. The lowest BCUT2D eigenvalue weighted by Gasteiger charge is -2.18. The predicted octanol–water partition coefficient (Wildman–Crippen LogP) is 3.30. The van der Waals surface area contributed by atoms with Gasteiger partial charge in [-0.2, -0.15) is 0 Å². The lowest BCUT2D eigenvalue weighted by molar-refractivity contribution is 0.217. The van der Waals surface area contributed by atoms with E-state index in [0.717, 1.165) is 29.7 Å². The van der Waals surface area contributed by atoms with Gasteiger partial charge < -0.3 is 9.64 Å². The van der Waals surface area contributed by atoms with Crippen LogP contribution in [0.15, 0.2) is 16.7 Å². The molecule has 0 unspecified atom stereocenters. The normalized spacial score (nSPS) is 10.9. The summed E-state index contributed by atoms with van der Waals surface area (Å²) in [6.07, 6.45) is 1.72. The second kappa shape index (κ2) is 7.90. The first kappa shape index (κ1) is 14.7. The number of hydrogen-bond acceptors (Lipinski definition) is 3. The van der Waals surface area contributed by atoms with Crippen molar-refractivity contribution in [2.24, 2.45) is 0 Å². The van der Waals surface area contributed by atoms with Gasteiger partial charge >= 0.3 is 0 Å². The van der Waals surface area contributed by atoms with Gasteiger partial charge in [-0.25, -0.2) is 4.98 Å². The molecule has 0 fully saturated rings. The van der Waals surface area contributed by atoms with Crippen molar-refractivity contribution in [2.75, 3.05) is 26.2 Å². The molecule has 0 aliphatic carbocycles. The number of rotatable bonds is 7. The van der Waals surface area contributed by atoms with E-state index in [2.05, 4.69) is 39.7 Å². The smallest absolute Gasteiger partial charge is 0.217 e. The van der Waals surface area contributed by atoms with Gasteiger partial charge in [-0.15, -0.1) is 11.6 Å². The predicted molar refractivity (Wildman–Crippen MR) is 74.8 cm³/mol. The Hall–Kier alpha value is -0.320. The molecule has 1 heterocycles. The Morgan fingerprint density at radius 3 is 2.71 bits per heavy atom. The van der Waals surface area contributed by atoms with E-state index in [4.69, 9.17) is 16.3 Å². The summed E-state index contributed by atoms with van der Waals surface area (Å²) < 4.78 is 6.58. The first-order valence-corrected chi connectivity index (χ1v) is 7.09. The van der Waals surface area contributed by atoms with E-state index in [9.17, 15) is 0 Å². The Morgan fingerprint density at radius 1 is 1.41 bits per heavy atom. The van der Waals surface area contributed by atoms with Crippen LogP contribution in [-0.2, 0) is 5.88 Å². The molecular weight excluding hydrogens is 304 g/mol. The number of ether oxygens (including phenoxy) is 1. The van der Waals surface area contributed by atoms with Crippen molar-refractivity contribution >= 4 is 27.5 Å². The Morgan fingerprint density at radius 2 is 2.12 bits per heavy atom. The van der Waals surface area contributed by atoms with Gasteiger partial charge in [0.25, 0.3) is 0 Å². The molecule has 5 heteroatoms. The first-order valence-electron chi connectivity index (χ1n) is 5.76. The second-order valence-electron chi connectivity index (χ2n) is 3.63. The number of pyridine rings is 1. The molecule has 0 amide bonds. The molecular formula is C12H18BrClN2O. The van der Waals surface area contributed by atoms with Gasteiger partial charge in [-0.05, 0) is 35.1 Å². The zero-order valence-electron chi connectivity index (χ0n) is 10.2. The van der Waals surface area contributed by atoms with E-state index in [1.54, 1.807) is 6.20 Å². The summed E-state index contributed by atoms with van der Waals surface area (Å²) >= 11 is 9.21. The first-order chi connectivity index (χ1) is 8.21. The highest BCUT2D eigenvalue weighted by Gasteiger charge is 2.06. The van der Waals surface area contributed by atoms with E-state index in [1.165, 1.54) is 0 Å². The fourth-order valence-electron chi connectivity index (χ4n) is 1.51. The van der Waals surface area contributed by atoms with Crippen molar-refractivity contribution in [3.05, 3.63) is 22.3 Å². The van der Waals surface area contributed by atoms with Gasteiger partial charge in [0, 0.05) is 22.8 Å². The SMILES string of the molecule is CCN(CC)CCOc1ncc(Br)cc1CCl. The molecule has 0 radical (unpaired) electrons. The van der Waals surface area contributed by atoms with Crippen LogP contribution < -0.4 is 4.74 Å². The van der Waals surface area contributed by atoms with Crippen LogP contribution in [0.5, 0.6) is 5.88 Å². The van der Waals surface area contributed by atoms with E-state index in [0.29, 0.717) is 18.4 Å². The van der Waals surface area contributed by atoms with Crippen molar-refractivity contribution in [1.29, 1.82) is 0 Å². The van der Waals surface area contributed by atoms with Gasteiger partial charge in [-0.3, -0.25) is 0 Å².